The fraction of sp³-hybridized carbons (Fsp3) is 0.118. The Morgan fingerprint density at radius 1 is 1.08 bits per heavy atom. The number of aromatic nitrogens is 4. The smallest absolute Gasteiger partial charge is 0.262 e. The van der Waals surface area contributed by atoms with E-state index in [0.717, 1.165) is 5.56 Å². The Labute approximate surface area is 136 Å². The summed E-state index contributed by atoms with van der Waals surface area (Å²) in [7, 11) is 0. The molecule has 7 heteroatoms. The molecule has 0 aliphatic heterocycles. The van der Waals surface area contributed by atoms with E-state index in [1.807, 2.05) is 30.3 Å². The maximum Gasteiger partial charge on any atom is 0.262 e. The van der Waals surface area contributed by atoms with Gasteiger partial charge in [-0.1, -0.05) is 30.3 Å². The van der Waals surface area contributed by atoms with Crippen LogP contribution in [-0.2, 0) is 13.0 Å². The Bertz CT molecular complexity index is 1100. The first-order chi connectivity index (χ1) is 11.6. The lowest BCUT2D eigenvalue weighted by Gasteiger charge is -2.10. The first kappa shape index (κ1) is 14.4. The van der Waals surface area contributed by atoms with Gasteiger partial charge in [0.1, 0.15) is 5.82 Å². The zero-order chi connectivity index (χ0) is 16.7. The number of hydrogen-bond donors (Lipinski definition) is 1. The molecule has 0 bridgehead atoms. The van der Waals surface area contributed by atoms with Crippen LogP contribution in [-0.4, -0.2) is 19.2 Å². The van der Waals surface area contributed by atoms with Crippen LogP contribution in [0.25, 0.3) is 16.7 Å². The highest BCUT2D eigenvalue weighted by atomic mass is 19.1. The van der Waals surface area contributed by atoms with Gasteiger partial charge >= 0.3 is 0 Å². The summed E-state index contributed by atoms with van der Waals surface area (Å²) in [6, 6.07) is 13.8. The van der Waals surface area contributed by atoms with Gasteiger partial charge in [0.05, 0.1) is 10.9 Å². The summed E-state index contributed by atoms with van der Waals surface area (Å²) < 4.78 is 16.7. The second kappa shape index (κ2) is 5.45. The van der Waals surface area contributed by atoms with Gasteiger partial charge < -0.3 is 5.73 Å². The summed E-state index contributed by atoms with van der Waals surface area (Å²) in [6.45, 7) is 0.400. The number of fused-ring (bicyclic) bond motifs is 3. The molecule has 0 saturated carbocycles. The number of nitrogens with two attached hydrogens (primary N) is 1. The van der Waals surface area contributed by atoms with Crippen molar-refractivity contribution >= 4 is 22.6 Å². The topological polar surface area (TPSA) is 78.2 Å². The van der Waals surface area contributed by atoms with Gasteiger partial charge in [-0.05, 0) is 30.2 Å². The van der Waals surface area contributed by atoms with E-state index in [9.17, 15) is 9.18 Å². The van der Waals surface area contributed by atoms with Gasteiger partial charge in [0, 0.05) is 6.54 Å². The minimum Gasteiger partial charge on any atom is -0.368 e. The van der Waals surface area contributed by atoms with Crippen LogP contribution in [0, 0.1) is 5.82 Å². The first-order valence-electron chi connectivity index (χ1n) is 7.52. The summed E-state index contributed by atoms with van der Waals surface area (Å²) in [6.07, 6.45) is 0.643. The highest BCUT2D eigenvalue weighted by Gasteiger charge is 2.15. The fourth-order valence-electron chi connectivity index (χ4n) is 2.89. The molecule has 0 unspecified atom stereocenters. The zero-order valence-corrected chi connectivity index (χ0v) is 12.7. The molecule has 4 aromatic rings. The lowest BCUT2D eigenvalue weighted by Crippen LogP contribution is -2.24. The van der Waals surface area contributed by atoms with E-state index >= 15 is 0 Å². The van der Waals surface area contributed by atoms with Gasteiger partial charge in [-0.25, -0.2) is 8.79 Å². The van der Waals surface area contributed by atoms with Crippen LogP contribution in [0.1, 0.15) is 5.56 Å². The zero-order valence-electron chi connectivity index (χ0n) is 12.7. The SMILES string of the molecule is Nc1nnc2n(CCc3ccccc3)c(=O)c3cc(F)ccc3n12. The van der Waals surface area contributed by atoms with Gasteiger partial charge in [0.25, 0.3) is 5.56 Å². The van der Waals surface area contributed by atoms with Crippen LogP contribution >= 0.6 is 0 Å². The molecule has 2 aromatic carbocycles. The van der Waals surface area contributed by atoms with Crippen LogP contribution in [0.15, 0.2) is 53.3 Å². The molecule has 0 aliphatic rings. The monoisotopic (exact) mass is 323 g/mol. The molecule has 2 aromatic heterocycles. The van der Waals surface area contributed by atoms with Gasteiger partial charge in [-0.2, -0.15) is 0 Å². The summed E-state index contributed by atoms with van der Waals surface area (Å²) in [5.74, 6) is 0.0443. The largest absolute Gasteiger partial charge is 0.368 e. The number of rotatable bonds is 3. The van der Waals surface area contributed by atoms with E-state index in [2.05, 4.69) is 10.2 Å². The minimum atomic E-state index is -0.472. The van der Waals surface area contributed by atoms with E-state index in [4.69, 9.17) is 5.73 Å². The lowest BCUT2D eigenvalue weighted by atomic mass is 10.1. The molecule has 2 heterocycles. The predicted molar refractivity (Wildman–Crippen MR) is 89.3 cm³/mol. The molecule has 6 nitrogen and oxygen atoms in total. The van der Waals surface area contributed by atoms with Crippen LogP contribution < -0.4 is 11.3 Å². The Kier molecular flexibility index (Phi) is 3.26. The highest BCUT2D eigenvalue weighted by molar-refractivity contribution is 5.81. The maximum absolute atomic E-state index is 13.6. The van der Waals surface area contributed by atoms with Crippen LogP contribution in [0.2, 0.25) is 0 Å². The van der Waals surface area contributed by atoms with Crippen molar-refractivity contribution in [3.05, 3.63) is 70.3 Å². The Morgan fingerprint density at radius 3 is 2.67 bits per heavy atom. The molecule has 120 valence electrons. The summed E-state index contributed by atoms with van der Waals surface area (Å²) in [4.78, 5) is 12.8. The summed E-state index contributed by atoms with van der Waals surface area (Å²) >= 11 is 0. The third kappa shape index (κ3) is 2.21. The van der Waals surface area contributed by atoms with Gasteiger partial charge in [0.2, 0.25) is 11.7 Å². The molecule has 4 rings (SSSR count). The Morgan fingerprint density at radius 2 is 1.88 bits per heavy atom. The molecule has 0 aliphatic carbocycles. The number of anilines is 1. The molecule has 0 fully saturated rings. The lowest BCUT2D eigenvalue weighted by molar-refractivity contribution is 0.628. The Balaban J connectivity index is 1.93. The number of benzene rings is 2. The van der Waals surface area contributed by atoms with Gasteiger partial charge in [0.15, 0.2) is 0 Å². The fourth-order valence-corrected chi connectivity index (χ4v) is 2.89. The molecule has 0 atom stereocenters. The second-order valence-corrected chi connectivity index (χ2v) is 5.55. The first-order valence-corrected chi connectivity index (χ1v) is 7.52. The predicted octanol–water partition coefficient (Wildman–Crippen LogP) is 2.01. The van der Waals surface area contributed by atoms with Gasteiger partial charge in [-0.15, -0.1) is 10.2 Å². The van der Waals surface area contributed by atoms with Crippen molar-refractivity contribution in [1.82, 2.24) is 19.2 Å². The average Bonchev–Trinajstić information content (AvgIpc) is 2.97. The normalized spacial score (nSPS) is 11.4. The average molecular weight is 323 g/mol. The van der Waals surface area contributed by atoms with Crippen molar-refractivity contribution in [1.29, 1.82) is 0 Å². The summed E-state index contributed by atoms with van der Waals surface area (Å²) in [5, 5.41) is 8.14. The van der Waals surface area contributed by atoms with E-state index in [0.29, 0.717) is 24.3 Å². The maximum atomic E-state index is 13.6. The van der Waals surface area contributed by atoms with Crippen molar-refractivity contribution in [3.63, 3.8) is 0 Å². The Hall–Kier alpha value is -3.22. The molecule has 2 N–H and O–H groups in total. The number of halogens is 1. The third-order valence-electron chi connectivity index (χ3n) is 4.05. The van der Waals surface area contributed by atoms with Gasteiger partial charge in [-0.3, -0.25) is 9.36 Å². The third-order valence-corrected chi connectivity index (χ3v) is 4.05. The standard InChI is InChI=1S/C17H14FN5O/c18-12-6-7-14-13(10-12)15(24)22(17-21-20-16(19)23(14)17)9-8-11-4-2-1-3-5-11/h1-7,10H,8-9H2,(H2,19,20). The molecule has 0 saturated heterocycles. The number of nitrogens with zero attached hydrogens (tertiary/aromatic N) is 4. The number of nitrogen functional groups attached to an aromatic ring is 1. The molecule has 0 amide bonds. The molecule has 24 heavy (non-hydrogen) atoms. The second-order valence-electron chi connectivity index (χ2n) is 5.55. The van der Waals surface area contributed by atoms with Crippen molar-refractivity contribution < 1.29 is 4.39 Å². The van der Waals surface area contributed by atoms with E-state index < -0.39 is 5.82 Å². The highest BCUT2D eigenvalue weighted by Crippen LogP contribution is 2.17. The van der Waals surface area contributed by atoms with Crippen molar-refractivity contribution in [3.8, 4) is 0 Å². The van der Waals surface area contributed by atoms with E-state index in [1.165, 1.54) is 22.8 Å². The molecule has 0 radical (unpaired) electrons. The van der Waals surface area contributed by atoms with Crippen molar-refractivity contribution in [2.45, 2.75) is 13.0 Å². The molecular weight excluding hydrogens is 309 g/mol. The molecular formula is C17H14FN5O. The van der Waals surface area contributed by atoms with E-state index in [-0.39, 0.29) is 16.9 Å². The van der Waals surface area contributed by atoms with Crippen LogP contribution in [0.3, 0.4) is 0 Å². The summed E-state index contributed by atoms with van der Waals surface area (Å²) in [5.41, 5.74) is 7.17. The quantitative estimate of drug-likeness (QED) is 0.625. The van der Waals surface area contributed by atoms with Crippen molar-refractivity contribution in [2.75, 3.05) is 5.73 Å². The number of hydrogen-bond acceptors (Lipinski definition) is 4. The van der Waals surface area contributed by atoms with Crippen molar-refractivity contribution in [2.24, 2.45) is 0 Å². The molecule has 0 spiro atoms. The van der Waals surface area contributed by atoms with Crippen LogP contribution in [0.5, 0.6) is 0 Å². The van der Waals surface area contributed by atoms with E-state index in [1.54, 1.807) is 4.40 Å². The van der Waals surface area contributed by atoms with Crippen LogP contribution in [0.4, 0.5) is 10.3 Å². The minimum absolute atomic E-state index is 0.162. The number of aryl methyl sites for hydroxylation is 2.